The zero-order valence-electron chi connectivity index (χ0n) is 16.8. The number of hydrogen-bond acceptors (Lipinski definition) is 7. The van der Waals surface area contributed by atoms with E-state index in [0.717, 1.165) is 37.7 Å². The summed E-state index contributed by atoms with van der Waals surface area (Å²) in [5.74, 6) is 0.223. The molecule has 8 nitrogen and oxygen atoms in total. The van der Waals surface area contributed by atoms with Crippen molar-refractivity contribution in [1.29, 1.82) is 0 Å². The Kier molecular flexibility index (Phi) is 6.36. The number of ketones is 1. The van der Waals surface area contributed by atoms with Crippen LogP contribution in [0, 0.1) is 5.82 Å². The quantitative estimate of drug-likeness (QED) is 0.415. The van der Waals surface area contributed by atoms with Crippen molar-refractivity contribution in [3.63, 3.8) is 0 Å². The fourth-order valence-electron chi connectivity index (χ4n) is 3.19. The zero-order valence-corrected chi connectivity index (χ0v) is 17.7. The number of amides is 1. The average molecular weight is 444 g/mol. The predicted molar refractivity (Wildman–Crippen MR) is 111 cm³/mol. The molecule has 1 N–H and O–H groups in total. The van der Waals surface area contributed by atoms with Crippen molar-refractivity contribution in [3.05, 3.63) is 59.5 Å². The Balaban J connectivity index is 1.30. The molecule has 31 heavy (non-hydrogen) atoms. The van der Waals surface area contributed by atoms with Crippen LogP contribution in [0.2, 0.25) is 0 Å². The number of nitrogens with zero attached hydrogens (tertiary/aromatic N) is 3. The Morgan fingerprint density at radius 3 is 2.74 bits per heavy atom. The molecule has 1 fully saturated rings. The van der Waals surface area contributed by atoms with Crippen LogP contribution >= 0.6 is 11.8 Å². The van der Waals surface area contributed by atoms with Crippen LogP contribution in [0.1, 0.15) is 52.6 Å². The number of likely N-dealkylation sites (tertiary alicyclic amines) is 1. The molecule has 1 aliphatic rings. The first-order valence-electron chi connectivity index (χ1n) is 9.89. The number of H-pyrrole nitrogens is 1. The van der Waals surface area contributed by atoms with E-state index in [2.05, 4.69) is 15.2 Å². The molecule has 0 aliphatic carbocycles. The van der Waals surface area contributed by atoms with E-state index in [1.165, 1.54) is 24.3 Å². The number of Topliss-reactive ketones (excluding diaryl/α,β-unsaturated/α-hetero) is 1. The van der Waals surface area contributed by atoms with Gasteiger partial charge in [-0.05, 0) is 50.1 Å². The van der Waals surface area contributed by atoms with Gasteiger partial charge in [0.05, 0.1) is 5.75 Å². The number of thioether (sulfide) groups is 1. The minimum atomic E-state index is -0.535. The Bertz CT molecular complexity index is 1060. The number of hydrogen-bond donors (Lipinski definition) is 1. The molecule has 1 amide bonds. The molecular formula is C21H21FN4O4S. The number of carbonyl (C=O) groups is 2. The maximum atomic E-state index is 13.0. The number of benzene rings is 1. The van der Waals surface area contributed by atoms with Crippen LogP contribution in [-0.2, 0) is 0 Å². The van der Waals surface area contributed by atoms with Crippen LogP contribution in [0.3, 0.4) is 0 Å². The molecule has 3 heterocycles. The second-order valence-corrected chi connectivity index (χ2v) is 8.06. The lowest BCUT2D eigenvalue weighted by molar-refractivity contribution is 0.0787. The van der Waals surface area contributed by atoms with Gasteiger partial charge in [-0.2, -0.15) is 0 Å². The standard InChI is InChI=1S/C21H21FN4O4S/c1-13(29-16-6-4-15(22)5-7-16)19-24-25-21(30-19)31-12-18(27)14-10-17(23-11-14)20(28)26-8-2-3-9-26/h4-7,10-11,13,23H,2-3,8-9,12H2,1H3/t13-/m0/s1. The van der Waals surface area contributed by atoms with Crippen LogP contribution in [-0.4, -0.2) is 50.6 Å². The molecule has 1 aromatic carbocycles. The Morgan fingerprint density at radius 2 is 2.00 bits per heavy atom. The molecule has 0 unspecified atom stereocenters. The van der Waals surface area contributed by atoms with Crippen molar-refractivity contribution in [2.24, 2.45) is 0 Å². The third-order valence-electron chi connectivity index (χ3n) is 4.85. The third kappa shape index (κ3) is 5.13. The molecule has 0 bridgehead atoms. The highest BCUT2D eigenvalue weighted by atomic mass is 32.2. The minimum Gasteiger partial charge on any atom is -0.481 e. The van der Waals surface area contributed by atoms with E-state index < -0.39 is 6.10 Å². The van der Waals surface area contributed by atoms with E-state index in [1.54, 1.807) is 24.1 Å². The van der Waals surface area contributed by atoms with E-state index in [4.69, 9.17) is 9.15 Å². The molecular weight excluding hydrogens is 423 g/mol. The summed E-state index contributed by atoms with van der Waals surface area (Å²) >= 11 is 1.11. The topological polar surface area (TPSA) is 101 Å². The second kappa shape index (κ2) is 9.34. The van der Waals surface area contributed by atoms with Gasteiger partial charge in [0, 0.05) is 24.8 Å². The third-order valence-corrected chi connectivity index (χ3v) is 5.67. The number of aromatic nitrogens is 3. The molecule has 1 aliphatic heterocycles. The lowest BCUT2D eigenvalue weighted by atomic mass is 10.2. The fourth-order valence-corrected chi connectivity index (χ4v) is 3.85. The first kappa shape index (κ1) is 21.1. The predicted octanol–water partition coefficient (Wildman–Crippen LogP) is 3.89. The van der Waals surface area contributed by atoms with Gasteiger partial charge >= 0.3 is 0 Å². The first-order valence-corrected chi connectivity index (χ1v) is 10.9. The summed E-state index contributed by atoms with van der Waals surface area (Å²) in [6.45, 7) is 3.23. The molecule has 0 saturated carbocycles. The highest BCUT2D eigenvalue weighted by Crippen LogP contribution is 2.25. The van der Waals surface area contributed by atoms with Gasteiger partial charge in [0.15, 0.2) is 11.9 Å². The lowest BCUT2D eigenvalue weighted by Gasteiger charge is -2.13. The summed E-state index contributed by atoms with van der Waals surface area (Å²) in [7, 11) is 0. The molecule has 162 valence electrons. The Labute approximate surface area is 182 Å². The highest BCUT2D eigenvalue weighted by Gasteiger charge is 2.22. The van der Waals surface area contributed by atoms with E-state index >= 15 is 0 Å². The molecule has 4 rings (SSSR count). The second-order valence-electron chi connectivity index (χ2n) is 7.13. The summed E-state index contributed by atoms with van der Waals surface area (Å²) in [4.78, 5) is 29.5. The SMILES string of the molecule is C[C@H](Oc1ccc(F)cc1)c1nnc(SCC(=O)c2c[nH]c(C(=O)N3CCCC3)c2)o1. The number of ether oxygens (including phenoxy) is 1. The number of nitrogens with one attached hydrogen (secondary N) is 1. The summed E-state index contributed by atoms with van der Waals surface area (Å²) < 4.78 is 24.2. The molecule has 0 spiro atoms. The van der Waals surface area contributed by atoms with Crippen molar-refractivity contribution >= 4 is 23.5 Å². The largest absolute Gasteiger partial charge is 0.481 e. The van der Waals surface area contributed by atoms with Crippen LogP contribution in [0.4, 0.5) is 4.39 Å². The van der Waals surface area contributed by atoms with Gasteiger partial charge in [0.1, 0.15) is 17.3 Å². The summed E-state index contributed by atoms with van der Waals surface area (Å²) in [5.41, 5.74) is 0.852. The summed E-state index contributed by atoms with van der Waals surface area (Å²) in [5, 5.41) is 8.12. The normalized spacial score (nSPS) is 14.6. The van der Waals surface area contributed by atoms with Gasteiger partial charge in [-0.25, -0.2) is 4.39 Å². The Hall–Kier alpha value is -3.14. The van der Waals surface area contributed by atoms with Crippen LogP contribution < -0.4 is 4.74 Å². The van der Waals surface area contributed by atoms with Gasteiger partial charge in [-0.3, -0.25) is 9.59 Å². The molecule has 0 radical (unpaired) electrons. The molecule has 2 aromatic heterocycles. The monoisotopic (exact) mass is 444 g/mol. The van der Waals surface area contributed by atoms with Crippen LogP contribution in [0.25, 0.3) is 0 Å². The van der Waals surface area contributed by atoms with Crippen LogP contribution in [0.5, 0.6) is 5.75 Å². The molecule has 1 atom stereocenters. The van der Waals surface area contributed by atoms with Crippen molar-refractivity contribution in [3.8, 4) is 5.75 Å². The molecule has 1 saturated heterocycles. The Morgan fingerprint density at radius 1 is 1.26 bits per heavy atom. The van der Waals surface area contributed by atoms with Gasteiger partial charge in [-0.1, -0.05) is 11.8 Å². The maximum absolute atomic E-state index is 13.0. The van der Waals surface area contributed by atoms with Crippen molar-refractivity contribution in [2.45, 2.75) is 31.1 Å². The van der Waals surface area contributed by atoms with E-state index in [9.17, 15) is 14.0 Å². The number of aromatic amines is 1. The van der Waals surface area contributed by atoms with Crippen molar-refractivity contribution in [2.75, 3.05) is 18.8 Å². The van der Waals surface area contributed by atoms with E-state index in [-0.39, 0.29) is 34.4 Å². The highest BCUT2D eigenvalue weighted by molar-refractivity contribution is 7.99. The van der Waals surface area contributed by atoms with E-state index in [1.807, 2.05) is 0 Å². The molecule has 3 aromatic rings. The first-order chi connectivity index (χ1) is 15.0. The van der Waals surface area contributed by atoms with Crippen molar-refractivity contribution in [1.82, 2.24) is 20.1 Å². The molecule has 10 heteroatoms. The number of carbonyl (C=O) groups excluding carboxylic acids is 2. The van der Waals surface area contributed by atoms with Crippen molar-refractivity contribution < 1.29 is 23.1 Å². The number of halogens is 1. The maximum Gasteiger partial charge on any atom is 0.277 e. The fraction of sp³-hybridized carbons (Fsp3) is 0.333. The lowest BCUT2D eigenvalue weighted by Crippen LogP contribution is -2.27. The van der Waals surface area contributed by atoms with Gasteiger partial charge in [0.25, 0.3) is 17.0 Å². The van der Waals surface area contributed by atoms with Crippen LogP contribution in [0.15, 0.2) is 46.2 Å². The van der Waals surface area contributed by atoms with E-state index in [0.29, 0.717) is 17.0 Å². The minimum absolute atomic E-state index is 0.0825. The summed E-state index contributed by atoms with van der Waals surface area (Å²) in [6, 6.07) is 7.20. The smallest absolute Gasteiger partial charge is 0.277 e. The van der Waals surface area contributed by atoms with Gasteiger partial charge in [0.2, 0.25) is 0 Å². The van der Waals surface area contributed by atoms with Gasteiger partial charge in [-0.15, -0.1) is 10.2 Å². The average Bonchev–Trinajstić information content (AvgIpc) is 3.55. The van der Waals surface area contributed by atoms with Gasteiger partial charge < -0.3 is 19.0 Å². The zero-order chi connectivity index (χ0) is 21.8. The number of rotatable bonds is 8. The summed E-state index contributed by atoms with van der Waals surface area (Å²) in [6.07, 6.45) is 3.03.